The number of hydrogen-bond acceptors (Lipinski definition) is 6. The van der Waals surface area contributed by atoms with E-state index in [9.17, 15) is 20.5 Å². The number of dihydropyridines is 1. The molecule has 2 atom stereocenters. The van der Waals surface area contributed by atoms with E-state index in [4.69, 9.17) is 4.74 Å². The summed E-state index contributed by atoms with van der Waals surface area (Å²) in [6, 6.07) is 8.38. The molecule has 0 aliphatic carbocycles. The number of nitrogens with one attached hydrogen (secondary N) is 2. The maximum absolute atomic E-state index is 12.4. The van der Waals surface area contributed by atoms with Crippen LogP contribution in [0.2, 0.25) is 0 Å². The number of benzene rings is 1. The fourth-order valence-electron chi connectivity index (χ4n) is 2.81. The maximum Gasteiger partial charge on any atom is 0.336 e. The Hall–Kier alpha value is -2.66. The molecule has 0 radical (unpaired) electrons. The Kier molecular flexibility index (Phi) is 5.36. The predicted molar refractivity (Wildman–Crippen MR) is 85.7 cm³/mol. The van der Waals surface area contributed by atoms with Gasteiger partial charge in [0.2, 0.25) is 0 Å². The van der Waals surface area contributed by atoms with Crippen LogP contribution in [0.25, 0.3) is 0 Å². The minimum Gasteiger partial charge on any atom is -0.595 e. The zero-order valence-corrected chi connectivity index (χ0v) is 13.7. The van der Waals surface area contributed by atoms with Crippen molar-refractivity contribution >= 4 is 11.7 Å². The SMILES string of the molecule is CCOC(=O)C1=C(C)NC(C)=C(C#N)[C@@H]1c1cccc([NH+]([O-])O)c1. The average Bonchev–Trinajstić information content (AvgIpc) is 2.54. The first-order valence-corrected chi connectivity index (χ1v) is 7.49. The molecule has 1 aromatic rings. The molecule has 1 aliphatic heterocycles. The number of hydrogen-bond donors (Lipinski definition) is 3. The molecule has 1 heterocycles. The lowest BCUT2D eigenvalue weighted by Crippen LogP contribution is -2.99. The van der Waals surface area contributed by atoms with Crippen LogP contribution in [-0.4, -0.2) is 17.8 Å². The van der Waals surface area contributed by atoms with E-state index in [0.717, 1.165) is 0 Å². The van der Waals surface area contributed by atoms with E-state index in [1.54, 1.807) is 32.9 Å². The lowest BCUT2D eigenvalue weighted by atomic mass is 9.81. The van der Waals surface area contributed by atoms with Crippen LogP contribution in [0.4, 0.5) is 5.69 Å². The molecule has 0 saturated heterocycles. The third-order valence-electron chi connectivity index (χ3n) is 3.84. The van der Waals surface area contributed by atoms with Gasteiger partial charge in [0.05, 0.1) is 29.7 Å². The number of rotatable bonds is 4. The van der Waals surface area contributed by atoms with E-state index in [-0.39, 0.29) is 12.3 Å². The van der Waals surface area contributed by atoms with Crippen molar-refractivity contribution in [3.05, 3.63) is 57.6 Å². The van der Waals surface area contributed by atoms with Crippen molar-refractivity contribution in [1.82, 2.24) is 5.32 Å². The van der Waals surface area contributed by atoms with Crippen LogP contribution < -0.4 is 10.5 Å². The molecular formula is C17H19N3O4. The third-order valence-corrected chi connectivity index (χ3v) is 3.84. The predicted octanol–water partition coefficient (Wildman–Crippen LogP) is 1.41. The Morgan fingerprint density at radius 2 is 2.17 bits per heavy atom. The highest BCUT2D eigenvalue weighted by molar-refractivity contribution is 5.93. The van der Waals surface area contributed by atoms with Crippen LogP contribution in [0.15, 0.2) is 46.8 Å². The largest absolute Gasteiger partial charge is 0.595 e. The second-order valence-corrected chi connectivity index (χ2v) is 5.40. The topological polar surface area (TPSA) is 110 Å². The molecule has 0 saturated carbocycles. The van der Waals surface area contributed by atoms with Crippen molar-refractivity contribution < 1.29 is 20.0 Å². The molecular weight excluding hydrogens is 310 g/mol. The molecule has 126 valence electrons. The summed E-state index contributed by atoms with van der Waals surface area (Å²) in [6.45, 7) is 5.40. The quantitative estimate of drug-likeness (QED) is 0.569. The summed E-state index contributed by atoms with van der Waals surface area (Å²) in [4.78, 5) is 12.4. The van der Waals surface area contributed by atoms with Gasteiger partial charge in [-0.25, -0.2) is 10.0 Å². The summed E-state index contributed by atoms with van der Waals surface area (Å²) < 4.78 is 5.12. The zero-order valence-electron chi connectivity index (χ0n) is 13.7. The molecule has 0 bridgehead atoms. The van der Waals surface area contributed by atoms with Gasteiger partial charge in [0, 0.05) is 23.5 Å². The molecule has 3 N–H and O–H groups in total. The second kappa shape index (κ2) is 7.27. The lowest BCUT2D eigenvalue weighted by Gasteiger charge is -2.28. The first-order chi connectivity index (χ1) is 11.4. The highest BCUT2D eigenvalue weighted by atomic mass is 16.8. The number of allylic oxidation sites excluding steroid dienone is 3. The number of carbonyl (C=O) groups is 1. The molecule has 0 aromatic heterocycles. The first kappa shape index (κ1) is 17.7. The van der Waals surface area contributed by atoms with Crippen molar-refractivity contribution in [2.45, 2.75) is 26.7 Å². The Balaban J connectivity index is 2.62. The van der Waals surface area contributed by atoms with E-state index in [1.165, 1.54) is 12.1 Å². The van der Waals surface area contributed by atoms with Gasteiger partial charge in [-0.2, -0.15) is 10.5 Å². The first-order valence-electron chi connectivity index (χ1n) is 7.49. The van der Waals surface area contributed by atoms with Crippen molar-refractivity contribution in [2.75, 3.05) is 6.61 Å². The standard InChI is InChI=1S/C17H19N3O4/c1-4-24-17(21)15-11(3)19-10(2)14(9-18)16(15)12-6-5-7-13(8-12)20(22)23/h5-8,16,19-20,22H,4H2,1-3H3/t16-/m0/s1. The van der Waals surface area contributed by atoms with E-state index in [1.807, 2.05) is 0 Å². The molecule has 7 heteroatoms. The van der Waals surface area contributed by atoms with Crippen LogP contribution in [0.1, 0.15) is 32.3 Å². The summed E-state index contributed by atoms with van der Waals surface area (Å²) in [5, 5.41) is 32.0. The van der Waals surface area contributed by atoms with Gasteiger partial charge >= 0.3 is 5.97 Å². The van der Waals surface area contributed by atoms with Gasteiger partial charge < -0.3 is 15.3 Å². The number of nitriles is 1. The summed E-state index contributed by atoms with van der Waals surface area (Å²) in [5.74, 6) is -1.18. The Labute approximate surface area is 140 Å². The number of esters is 1. The minimum atomic E-state index is -1.07. The fourth-order valence-corrected chi connectivity index (χ4v) is 2.81. The van der Waals surface area contributed by atoms with Gasteiger partial charge in [-0.05, 0) is 26.3 Å². The summed E-state index contributed by atoms with van der Waals surface area (Å²) in [7, 11) is 0. The van der Waals surface area contributed by atoms with Gasteiger partial charge in [0.15, 0.2) is 5.69 Å². The molecule has 0 fully saturated rings. The molecule has 0 amide bonds. The molecule has 0 spiro atoms. The average molecular weight is 329 g/mol. The molecule has 1 unspecified atom stereocenters. The number of nitrogens with zero attached hydrogens (tertiary/aromatic N) is 1. The summed E-state index contributed by atoms with van der Waals surface area (Å²) >= 11 is 0. The molecule has 1 aromatic carbocycles. The summed E-state index contributed by atoms with van der Waals surface area (Å²) in [6.07, 6.45) is 0. The van der Waals surface area contributed by atoms with Crippen molar-refractivity contribution in [1.29, 1.82) is 5.26 Å². The zero-order chi connectivity index (χ0) is 17.9. The Bertz CT molecular complexity index is 759. The second-order valence-electron chi connectivity index (χ2n) is 5.40. The molecule has 1 aliphatic rings. The van der Waals surface area contributed by atoms with Crippen LogP contribution in [0.3, 0.4) is 0 Å². The van der Waals surface area contributed by atoms with Gasteiger partial charge in [-0.1, -0.05) is 12.1 Å². The lowest BCUT2D eigenvalue weighted by molar-refractivity contribution is -0.991. The highest BCUT2D eigenvalue weighted by Gasteiger charge is 2.34. The van der Waals surface area contributed by atoms with E-state index >= 15 is 0 Å². The molecule has 24 heavy (non-hydrogen) atoms. The van der Waals surface area contributed by atoms with Crippen LogP contribution in [-0.2, 0) is 9.53 Å². The van der Waals surface area contributed by atoms with Crippen LogP contribution >= 0.6 is 0 Å². The number of carbonyl (C=O) groups excluding carboxylic acids is 1. The smallest absolute Gasteiger partial charge is 0.336 e. The van der Waals surface area contributed by atoms with Crippen molar-refractivity contribution in [2.24, 2.45) is 0 Å². The molecule has 7 nitrogen and oxygen atoms in total. The van der Waals surface area contributed by atoms with Crippen LogP contribution in [0, 0.1) is 16.5 Å². The Morgan fingerprint density at radius 3 is 2.75 bits per heavy atom. The van der Waals surface area contributed by atoms with Crippen molar-refractivity contribution in [3.63, 3.8) is 0 Å². The monoisotopic (exact) mass is 329 g/mol. The van der Waals surface area contributed by atoms with E-state index in [2.05, 4.69) is 11.4 Å². The van der Waals surface area contributed by atoms with Gasteiger partial charge in [-0.15, -0.1) is 0 Å². The fraction of sp³-hybridized carbons (Fsp3) is 0.294. The van der Waals surface area contributed by atoms with Gasteiger partial charge in [0.25, 0.3) is 0 Å². The highest BCUT2D eigenvalue weighted by Crippen LogP contribution is 2.38. The number of quaternary nitrogens is 1. The van der Waals surface area contributed by atoms with Crippen molar-refractivity contribution in [3.8, 4) is 6.07 Å². The minimum absolute atomic E-state index is 0.0989. The van der Waals surface area contributed by atoms with Gasteiger partial charge in [-0.3, -0.25) is 0 Å². The van der Waals surface area contributed by atoms with Crippen LogP contribution in [0.5, 0.6) is 0 Å². The Morgan fingerprint density at radius 1 is 1.46 bits per heavy atom. The maximum atomic E-state index is 12.4. The number of ether oxygens (including phenoxy) is 1. The van der Waals surface area contributed by atoms with E-state index in [0.29, 0.717) is 28.1 Å². The third kappa shape index (κ3) is 3.31. The summed E-state index contributed by atoms with van der Waals surface area (Å²) in [5.41, 5.74) is 2.58. The van der Waals surface area contributed by atoms with Gasteiger partial charge in [0.1, 0.15) is 0 Å². The van der Waals surface area contributed by atoms with E-state index < -0.39 is 17.1 Å². The normalized spacial score (nSPS) is 18.8. The molecule has 2 rings (SSSR count).